The number of hydrogen-bond donors (Lipinski definition) is 1. The molecule has 0 saturated carbocycles. The first-order chi connectivity index (χ1) is 7.24. The summed E-state index contributed by atoms with van der Waals surface area (Å²) in [5, 5.41) is 4.18. The second-order valence-corrected chi connectivity index (χ2v) is 4.10. The van der Waals surface area contributed by atoms with Crippen LogP contribution < -0.4 is 5.32 Å². The lowest BCUT2D eigenvalue weighted by molar-refractivity contribution is 0.715. The van der Waals surface area contributed by atoms with Crippen molar-refractivity contribution in [3.05, 3.63) is 40.4 Å². The normalized spacial score (nSPS) is 11.8. The van der Waals surface area contributed by atoms with E-state index in [4.69, 9.17) is 11.6 Å². The molecule has 0 aliphatic rings. The molecule has 0 aromatic heterocycles. The molecule has 15 heavy (non-hydrogen) atoms. The van der Waals surface area contributed by atoms with Gasteiger partial charge in [-0.1, -0.05) is 48.4 Å². The van der Waals surface area contributed by atoms with E-state index < -0.39 is 0 Å². The Morgan fingerprint density at radius 3 is 2.80 bits per heavy atom. The van der Waals surface area contributed by atoms with Crippen LogP contribution in [0, 0.1) is 0 Å². The lowest BCUT2D eigenvalue weighted by atomic mass is 10.1. The summed E-state index contributed by atoms with van der Waals surface area (Å²) in [7, 11) is 0. The molecule has 0 bridgehead atoms. The molecule has 0 radical (unpaired) electrons. The summed E-state index contributed by atoms with van der Waals surface area (Å²) in [5.41, 5.74) is 2.39. The number of rotatable bonds is 5. The van der Waals surface area contributed by atoms with E-state index in [0.717, 1.165) is 23.7 Å². The molecular weight excluding hydrogens is 206 g/mol. The van der Waals surface area contributed by atoms with Crippen molar-refractivity contribution < 1.29 is 0 Å². The van der Waals surface area contributed by atoms with Gasteiger partial charge in [0.15, 0.2) is 0 Å². The van der Waals surface area contributed by atoms with Crippen molar-refractivity contribution in [2.75, 3.05) is 13.1 Å². The zero-order valence-electron chi connectivity index (χ0n) is 9.39. The summed E-state index contributed by atoms with van der Waals surface area (Å²) in [4.78, 5) is 0. The van der Waals surface area contributed by atoms with Crippen LogP contribution in [0.4, 0.5) is 0 Å². The van der Waals surface area contributed by atoms with E-state index in [1.54, 1.807) is 0 Å². The maximum atomic E-state index is 6.06. The molecule has 0 atom stereocenters. The average Bonchev–Trinajstić information content (AvgIpc) is 2.22. The monoisotopic (exact) mass is 223 g/mol. The molecular formula is C13H18ClN. The second-order valence-electron chi connectivity index (χ2n) is 3.69. The number of hydrogen-bond acceptors (Lipinski definition) is 1. The number of halogens is 1. The van der Waals surface area contributed by atoms with Crippen LogP contribution in [0.15, 0.2) is 29.8 Å². The van der Waals surface area contributed by atoms with Crippen molar-refractivity contribution >= 4 is 17.7 Å². The van der Waals surface area contributed by atoms with E-state index in [-0.39, 0.29) is 0 Å². The van der Waals surface area contributed by atoms with E-state index >= 15 is 0 Å². The fourth-order valence-electron chi connectivity index (χ4n) is 1.37. The third-order valence-electron chi connectivity index (χ3n) is 2.14. The third kappa shape index (κ3) is 4.50. The van der Waals surface area contributed by atoms with Gasteiger partial charge in [-0.25, -0.2) is 0 Å². The molecule has 2 heteroatoms. The molecule has 82 valence electrons. The standard InChI is InChI=1S/C13H18ClN/c1-3-8-15-10-11(2)9-12-6-4-5-7-13(12)14/h4-7,9,15H,3,8,10H2,1-2H3. The molecule has 1 N–H and O–H groups in total. The molecule has 0 aliphatic carbocycles. The summed E-state index contributed by atoms with van der Waals surface area (Å²) < 4.78 is 0. The first kappa shape index (κ1) is 12.3. The van der Waals surface area contributed by atoms with Crippen molar-refractivity contribution in [3.63, 3.8) is 0 Å². The zero-order valence-corrected chi connectivity index (χ0v) is 10.1. The summed E-state index contributed by atoms with van der Waals surface area (Å²) in [6, 6.07) is 7.90. The highest BCUT2D eigenvalue weighted by Crippen LogP contribution is 2.17. The minimum atomic E-state index is 0.812. The Morgan fingerprint density at radius 1 is 1.40 bits per heavy atom. The van der Waals surface area contributed by atoms with Crippen LogP contribution in [0.25, 0.3) is 6.08 Å². The van der Waals surface area contributed by atoms with Gasteiger partial charge in [0.25, 0.3) is 0 Å². The van der Waals surface area contributed by atoms with Gasteiger partial charge in [0, 0.05) is 11.6 Å². The Hall–Kier alpha value is -0.790. The van der Waals surface area contributed by atoms with Crippen molar-refractivity contribution in [1.82, 2.24) is 5.32 Å². The highest BCUT2D eigenvalue weighted by atomic mass is 35.5. The van der Waals surface area contributed by atoms with Gasteiger partial charge in [-0.2, -0.15) is 0 Å². The van der Waals surface area contributed by atoms with Crippen molar-refractivity contribution in [2.45, 2.75) is 20.3 Å². The molecule has 0 amide bonds. The summed E-state index contributed by atoms with van der Waals surface area (Å²) in [5.74, 6) is 0. The Balaban J connectivity index is 2.58. The van der Waals surface area contributed by atoms with Crippen LogP contribution in [0.5, 0.6) is 0 Å². The topological polar surface area (TPSA) is 12.0 Å². The lowest BCUT2D eigenvalue weighted by Crippen LogP contribution is -2.16. The molecule has 1 aromatic rings. The molecule has 0 fully saturated rings. The molecule has 1 nitrogen and oxygen atoms in total. The van der Waals surface area contributed by atoms with Crippen LogP contribution in [-0.4, -0.2) is 13.1 Å². The summed E-state index contributed by atoms with van der Waals surface area (Å²) >= 11 is 6.06. The van der Waals surface area contributed by atoms with E-state index in [1.165, 1.54) is 12.0 Å². The predicted molar refractivity (Wildman–Crippen MR) is 68.3 cm³/mol. The molecule has 0 saturated heterocycles. The minimum Gasteiger partial charge on any atom is -0.313 e. The Kier molecular flexibility index (Phi) is 5.44. The van der Waals surface area contributed by atoms with Gasteiger partial charge in [-0.3, -0.25) is 0 Å². The van der Waals surface area contributed by atoms with Crippen LogP contribution in [-0.2, 0) is 0 Å². The maximum absolute atomic E-state index is 6.06. The van der Waals surface area contributed by atoms with E-state index in [2.05, 4.69) is 25.2 Å². The minimum absolute atomic E-state index is 0.812. The van der Waals surface area contributed by atoms with Gasteiger partial charge < -0.3 is 5.32 Å². The highest BCUT2D eigenvalue weighted by molar-refractivity contribution is 6.32. The summed E-state index contributed by atoms with van der Waals surface area (Å²) in [6.45, 7) is 6.28. The fraction of sp³-hybridized carbons (Fsp3) is 0.385. The Labute approximate surface area is 97.1 Å². The van der Waals surface area contributed by atoms with Gasteiger partial charge in [-0.15, -0.1) is 0 Å². The Bertz CT molecular complexity index is 331. The molecule has 1 aromatic carbocycles. The van der Waals surface area contributed by atoms with Crippen LogP contribution in [0.3, 0.4) is 0 Å². The van der Waals surface area contributed by atoms with E-state index in [0.29, 0.717) is 0 Å². The first-order valence-electron chi connectivity index (χ1n) is 5.36. The quantitative estimate of drug-likeness (QED) is 0.750. The van der Waals surface area contributed by atoms with Crippen molar-refractivity contribution in [2.24, 2.45) is 0 Å². The lowest BCUT2D eigenvalue weighted by Gasteiger charge is -2.04. The summed E-state index contributed by atoms with van der Waals surface area (Å²) in [6.07, 6.45) is 3.30. The molecule has 0 unspecified atom stereocenters. The van der Waals surface area contributed by atoms with Crippen LogP contribution in [0.2, 0.25) is 5.02 Å². The number of nitrogens with one attached hydrogen (secondary N) is 1. The molecule has 1 rings (SSSR count). The molecule has 0 heterocycles. The van der Waals surface area contributed by atoms with Crippen LogP contribution in [0.1, 0.15) is 25.8 Å². The van der Waals surface area contributed by atoms with Gasteiger partial charge in [0.1, 0.15) is 0 Å². The van der Waals surface area contributed by atoms with Gasteiger partial charge in [-0.05, 0) is 31.5 Å². The van der Waals surface area contributed by atoms with E-state index in [9.17, 15) is 0 Å². The van der Waals surface area contributed by atoms with Crippen molar-refractivity contribution in [1.29, 1.82) is 0 Å². The first-order valence-corrected chi connectivity index (χ1v) is 5.74. The molecule has 0 aliphatic heterocycles. The van der Waals surface area contributed by atoms with Gasteiger partial charge in [0.2, 0.25) is 0 Å². The second kappa shape index (κ2) is 6.65. The Morgan fingerprint density at radius 2 is 2.13 bits per heavy atom. The SMILES string of the molecule is CCCNCC(C)=Cc1ccccc1Cl. The molecule has 0 spiro atoms. The zero-order chi connectivity index (χ0) is 11.1. The number of benzene rings is 1. The van der Waals surface area contributed by atoms with Crippen LogP contribution >= 0.6 is 11.6 Å². The van der Waals surface area contributed by atoms with Gasteiger partial charge in [0.05, 0.1) is 0 Å². The smallest absolute Gasteiger partial charge is 0.0478 e. The third-order valence-corrected chi connectivity index (χ3v) is 2.48. The van der Waals surface area contributed by atoms with Gasteiger partial charge >= 0.3 is 0 Å². The maximum Gasteiger partial charge on any atom is 0.0478 e. The highest BCUT2D eigenvalue weighted by Gasteiger charge is 1.95. The van der Waals surface area contributed by atoms with E-state index in [1.807, 2.05) is 24.3 Å². The fourth-order valence-corrected chi connectivity index (χ4v) is 1.56. The van der Waals surface area contributed by atoms with Crippen molar-refractivity contribution in [3.8, 4) is 0 Å². The largest absolute Gasteiger partial charge is 0.313 e. The average molecular weight is 224 g/mol. The predicted octanol–water partition coefficient (Wildman–Crippen LogP) is 3.74.